The van der Waals surface area contributed by atoms with Crippen molar-refractivity contribution in [3.8, 4) is 0 Å². The molecule has 0 aromatic carbocycles. The van der Waals surface area contributed by atoms with Crippen LogP contribution in [0.4, 0.5) is 0 Å². The molecule has 1 atom stereocenters. The van der Waals surface area contributed by atoms with Crippen LogP contribution in [0.3, 0.4) is 0 Å². The summed E-state index contributed by atoms with van der Waals surface area (Å²) in [6.45, 7) is 5.29. The lowest BCUT2D eigenvalue weighted by Gasteiger charge is -2.15. The maximum absolute atomic E-state index is 12.1. The summed E-state index contributed by atoms with van der Waals surface area (Å²) >= 11 is 0. The molecule has 0 aliphatic heterocycles. The third-order valence-corrected chi connectivity index (χ3v) is 7.03. The van der Waals surface area contributed by atoms with Crippen molar-refractivity contribution in [2.45, 2.75) is 168 Å². The molecule has 0 fully saturated rings. The third-order valence-electron chi connectivity index (χ3n) is 7.03. The smallest absolute Gasteiger partial charge is 0.306 e. The van der Waals surface area contributed by atoms with Crippen molar-refractivity contribution in [1.82, 2.24) is 0 Å². The number of hydrogen-bond donors (Lipinski definition) is 1. The van der Waals surface area contributed by atoms with Gasteiger partial charge in [-0.15, -0.1) is 0 Å². The van der Waals surface area contributed by atoms with E-state index in [2.05, 4.69) is 38.2 Å². The number of aliphatic hydroxyl groups is 1. The lowest BCUT2D eigenvalue weighted by atomic mass is 10.1. The fraction of sp³-hybridized carbons (Fsp3) is 0.853. The van der Waals surface area contributed by atoms with Crippen LogP contribution in [-0.4, -0.2) is 37.0 Å². The lowest BCUT2D eigenvalue weighted by Crippen LogP contribution is -2.27. The highest BCUT2D eigenvalue weighted by Crippen LogP contribution is 2.13. The monoisotopic (exact) mass is 536 g/mol. The minimum atomic E-state index is -0.528. The molecule has 0 rings (SSSR count). The molecule has 4 nitrogen and oxygen atoms in total. The second-order valence-corrected chi connectivity index (χ2v) is 10.9. The molecule has 0 aliphatic carbocycles. The molecule has 0 aliphatic rings. The van der Waals surface area contributed by atoms with Crippen LogP contribution in [0.2, 0.25) is 0 Å². The number of carbonyl (C=O) groups is 1. The molecule has 0 saturated heterocycles. The number of ether oxygens (including phenoxy) is 2. The zero-order chi connectivity index (χ0) is 27.8. The summed E-state index contributed by atoms with van der Waals surface area (Å²) in [5, 5.41) is 9.47. The predicted octanol–water partition coefficient (Wildman–Crippen LogP) is 10.0. The topological polar surface area (TPSA) is 55.8 Å². The maximum atomic E-state index is 12.1. The molecule has 0 aromatic rings. The Hall–Kier alpha value is -1.13. The van der Waals surface area contributed by atoms with E-state index in [0.717, 1.165) is 25.7 Å². The number of allylic oxidation sites excluding steroid dienone is 4. The summed E-state index contributed by atoms with van der Waals surface area (Å²) in [5.74, 6) is -0.208. The van der Waals surface area contributed by atoms with Crippen molar-refractivity contribution in [2.24, 2.45) is 0 Å². The first-order chi connectivity index (χ1) is 18.7. The largest absolute Gasteiger partial charge is 0.457 e. The molecule has 0 aromatic heterocycles. The summed E-state index contributed by atoms with van der Waals surface area (Å²) in [4.78, 5) is 12.1. The molecule has 4 heteroatoms. The van der Waals surface area contributed by atoms with Crippen LogP contribution in [0, 0.1) is 0 Å². The van der Waals surface area contributed by atoms with Gasteiger partial charge < -0.3 is 14.6 Å². The normalized spacial score (nSPS) is 12.6. The SMILES string of the molecule is CCCCC/C=C\C/C=C\CCCCCCCCCCCC(=O)OC(CO)COCCCCCCCCC. The fourth-order valence-corrected chi connectivity index (χ4v) is 4.53. The molecule has 0 spiro atoms. The van der Waals surface area contributed by atoms with Gasteiger partial charge in [-0.3, -0.25) is 4.79 Å². The second kappa shape index (κ2) is 32.1. The first kappa shape index (κ1) is 36.9. The Morgan fingerprint density at radius 2 is 1.11 bits per heavy atom. The van der Waals surface area contributed by atoms with Gasteiger partial charge in [0.15, 0.2) is 0 Å². The van der Waals surface area contributed by atoms with Crippen molar-refractivity contribution in [2.75, 3.05) is 19.8 Å². The molecular formula is C34H64O4. The van der Waals surface area contributed by atoms with Gasteiger partial charge in [0.1, 0.15) is 6.10 Å². The Balaban J connectivity index is 3.43. The van der Waals surface area contributed by atoms with Crippen LogP contribution in [0.25, 0.3) is 0 Å². The molecule has 1 unspecified atom stereocenters. The van der Waals surface area contributed by atoms with Crippen LogP contribution >= 0.6 is 0 Å². The van der Waals surface area contributed by atoms with Crippen LogP contribution in [0.5, 0.6) is 0 Å². The minimum Gasteiger partial charge on any atom is -0.457 e. The standard InChI is InChI=1S/C34H64O4/c1-3-5-7-9-11-12-13-14-15-16-17-18-19-20-21-22-23-25-27-29-34(36)38-33(31-35)32-37-30-28-26-24-10-8-6-4-2/h11-12,14-15,33,35H,3-10,13,16-32H2,1-2H3/b12-11-,15-14-. The highest BCUT2D eigenvalue weighted by Gasteiger charge is 2.13. The highest BCUT2D eigenvalue weighted by molar-refractivity contribution is 5.69. The van der Waals surface area contributed by atoms with Gasteiger partial charge in [-0.25, -0.2) is 0 Å². The van der Waals surface area contributed by atoms with Gasteiger partial charge in [0.2, 0.25) is 0 Å². The van der Waals surface area contributed by atoms with Crippen molar-refractivity contribution in [3.63, 3.8) is 0 Å². The van der Waals surface area contributed by atoms with E-state index in [0.29, 0.717) is 19.6 Å². The van der Waals surface area contributed by atoms with Crippen LogP contribution < -0.4 is 0 Å². The zero-order valence-electron chi connectivity index (χ0n) is 25.4. The van der Waals surface area contributed by atoms with Crippen molar-refractivity contribution >= 4 is 5.97 Å². The lowest BCUT2D eigenvalue weighted by molar-refractivity contribution is -0.154. The Bertz CT molecular complexity index is 529. The highest BCUT2D eigenvalue weighted by atomic mass is 16.6. The van der Waals surface area contributed by atoms with E-state index in [1.807, 2.05) is 0 Å². The second-order valence-electron chi connectivity index (χ2n) is 10.9. The quantitative estimate of drug-likeness (QED) is 0.0563. The van der Waals surface area contributed by atoms with Gasteiger partial charge in [-0.1, -0.05) is 134 Å². The number of esters is 1. The fourth-order valence-electron chi connectivity index (χ4n) is 4.53. The average molecular weight is 537 g/mol. The van der Waals surface area contributed by atoms with E-state index in [1.165, 1.54) is 116 Å². The van der Waals surface area contributed by atoms with Gasteiger partial charge in [-0.2, -0.15) is 0 Å². The number of aliphatic hydroxyl groups excluding tert-OH is 1. The first-order valence-corrected chi connectivity index (χ1v) is 16.4. The summed E-state index contributed by atoms with van der Waals surface area (Å²) in [5.41, 5.74) is 0. The Kier molecular flexibility index (Phi) is 31.1. The summed E-state index contributed by atoms with van der Waals surface area (Å²) in [6.07, 6.45) is 36.4. The van der Waals surface area contributed by atoms with Gasteiger partial charge in [-0.05, 0) is 44.9 Å². The molecule has 0 saturated carbocycles. The summed E-state index contributed by atoms with van der Waals surface area (Å²) in [7, 11) is 0. The van der Waals surface area contributed by atoms with Crippen LogP contribution in [0.15, 0.2) is 24.3 Å². The van der Waals surface area contributed by atoms with E-state index in [1.54, 1.807) is 0 Å². The van der Waals surface area contributed by atoms with E-state index in [9.17, 15) is 9.90 Å². The molecule has 0 radical (unpaired) electrons. The van der Waals surface area contributed by atoms with Gasteiger partial charge in [0, 0.05) is 13.0 Å². The van der Waals surface area contributed by atoms with Gasteiger partial charge in [0.05, 0.1) is 13.2 Å². The average Bonchev–Trinajstić information content (AvgIpc) is 2.92. The van der Waals surface area contributed by atoms with Crippen molar-refractivity contribution in [3.05, 3.63) is 24.3 Å². The van der Waals surface area contributed by atoms with Crippen molar-refractivity contribution in [1.29, 1.82) is 0 Å². The maximum Gasteiger partial charge on any atom is 0.306 e. The predicted molar refractivity (Wildman–Crippen MR) is 164 cm³/mol. The zero-order valence-corrected chi connectivity index (χ0v) is 25.4. The van der Waals surface area contributed by atoms with E-state index < -0.39 is 6.10 Å². The summed E-state index contributed by atoms with van der Waals surface area (Å²) < 4.78 is 11.0. The molecule has 0 bridgehead atoms. The molecule has 0 heterocycles. The van der Waals surface area contributed by atoms with E-state index in [-0.39, 0.29) is 12.6 Å². The number of unbranched alkanes of at least 4 members (excludes halogenated alkanes) is 18. The molecule has 0 amide bonds. The van der Waals surface area contributed by atoms with Crippen molar-refractivity contribution < 1.29 is 19.4 Å². The number of hydrogen-bond acceptors (Lipinski definition) is 4. The third kappa shape index (κ3) is 29.4. The molecular weight excluding hydrogens is 472 g/mol. The molecule has 224 valence electrons. The van der Waals surface area contributed by atoms with Gasteiger partial charge >= 0.3 is 5.97 Å². The first-order valence-electron chi connectivity index (χ1n) is 16.4. The van der Waals surface area contributed by atoms with E-state index >= 15 is 0 Å². The molecule has 38 heavy (non-hydrogen) atoms. The molecule has 1 N–H and O–H groups in total. The Morgan fingerprint density at radius 1 is 0.632 bits per heavy atom. The summed E-state index contributed by atoms with van der Waals surface area (Å²) in [6, 6.07) is 0. The van der Waals surface area contributed by atoms with Gasteiger partial charge in [0.25, 0.3) is 0 Å². The minimum absolute atomic E-state index is 0.171. The van der Waals surface area contributed by atoms with E-state index in [4.69, 9.17) is 9.47 Å². The Labute approximate surface area is 237 Å². The number of carbonyl (C=O) groups excluding carboxylic acids is 1. The van der Waals surface area contributed by atoms with Crippen LogP contribution in [-0.2, 0) is 14.3 Å². The number of rotatable bonds is 30. The Morgan fingerprint density at radius 3 is 1.68 bits per heavy atom. The van der Waals surface area contributed by atoms with Crippen LogP contribution in [0.1, 0.15) is 162 Å².